The Hall–Kier alpha value is -1.39. The van der Waals surface area contributed by atoms with Gasteiger partial charge in [0.2, 0.25) is 5.91 Å². The first kappa shape index (κ1) is 16.0. The molecule has 4 heteroatoms. The third-order valence-corrected chi connectivity index (χ3v) is 4.13. The highest BCUT2D eigenvalue weighted by Crippen LogP contribution is 2.17. The van der Waals surface area contributed by atoms with Crippen LogP contribution in [0.4, 0.5) is 5.69 Å². The summed E-state index contributed by atoms with van der Waals surface area (Å²) in [5.41, 5.74) is 1.01. The van der Waals surface area contributed by atoms with Gasteiger partial charge in [-0.25, -0.2) is 0 Å². The van der Waals surface area contributed by atoms with Gasteiger partial charge in [-0.2, -0.15) is 0 Å². The van der Waals surface area contributed by atoms with Gasteiger partial charge >= 0.3 is 0 Å². The van der Waals surface area contributed by atoms with E-state index in [1.165, 1.54) is 0 Å². The maximum absolute atomic E-state index is 12.9. The molecule has 1 aliphatic heterocycles. The van der Waals surface area contributed by atoms with Crippen LogP contribution in [0.2, 0.25) is 0 Å². The number of carbonyl (C=O) groups excluding carboxylic acids is 1. The molecule has 0 aromatic heterocycles. The molecule has 1 amide bonds. The van der Waals surface area contributed by atoms with E-state index in [-0.39, 0.29) is 11.9 Å². The van der Waals surface area contributed by atoms with Crippen molar-refractivity contribution < 1.29 is 4.79 Å². The van der Waals surface area contributed by atoms with Crippen molar-refractivity contribution in [3.05, 3.63) is 30.3 Å². The molecule has 0 saturated carbocycles. The second kappa shape index (κ2) is 8.15. The van der Waals surface area contributed by atoms with E-state index in [9.17, 15) is 4.79 Å². The number of rotatable bonds is 6. The predicted octanol–water partition coefficient (Wildman–Crippen LogP) is 2.11. The molecule has 2 rings (SSSR count). The predicted molar refractivity (Wildman–Crippen MR) is 87.6 cm³/mol. The molecule has 0 aliphatic carbocycles. The zero-order chi connectivity index (χ0) is 15.1. The number of nitrogens with one attached hydrogen (secondary N) is 1. The van der Waals surface area contributed by atoms with Gasteiger partial charge in [-0.3, -0.25) is 9.69 Å². The Kier molecular flexibility index (Phi) is 6.21. The second-order valence-electron chi connectivity index (χ2n) is 5.64. The van der Waals surface area contributed by atoms with Gasteiger partial charge in [0.15, 0.2) is 0 Å². The Balaban J connectivity index is 2.09. The van der Waals surface area contributed by atoms with Crippen LogP contribution in [0.15, 0.2) is 30.3 Å². The third kappa shape index (κ3) is 4.29. The molecular weight excluding hydrogens is 262 g/mol. The van der Waals surface area contributed by atoms with E-state index in [1.54, 1.807) is 0 Å². The third-order valence-electron chi connectivity index (χ3n) is 4.13. The number of hydrogen-bond donors (Lipinski definition) is 1. The maximum atomic E-state index is 12.9. The lowest BCUT2D eigenvalue weighted by Gasteiger charge is -2.35. The highest BCUT2D eigenvalue weighted by molar-refractivity contribution is 5.96. The van der Waals surface area contributed by atoms with E-state index in [0.29, 0.717) is 0 Å². The van der Waals surface area contributed by atoms with E-state index in [0.717, 1.165) is 51.3 Å². The van der Waals surface area contributed by atoms with Crippen LogP contribution in [0, 0.1) is 0 Å². The van der Waals surface area contributed by atoms with Gasteiger partial charge in [0.1, 0.15) is 0 Å². The van der Waals surface area contributed by atoms with Gasteiger partial charge in [0.05, 0.1) is 6.04 Å². The second-order valence-corrected chi connectivity index (χ2v) is 5.64. The number of piperazine rings is 1. The van der Waals surface area contributed by atoms with Gasteiger partial charge < -0.3 is 10.2 Å². The average Bonchev–Trinajstić information content (AvgIpc) is 2.56. The summed E-state index contributed by atoms with van der Waals surface area (Å²) in [6.07, 6.45) is 2.13. The SMILES string of the molecule is CCCCN(C(=O)C(C)N1CCNCC1)c1ccccc1. The normalized spacial score (nSPS) is 17.4. The van der Waals surface area contributed by atoms with Crippen molar-refractivity contribution in [1.29, 1.82) is 0 Å². The molecule has 1 unspecified atom stereocenters. The average molecular weight is 289 g/mol. The molecule has 4 nitrogen and oxygen atoms in total. The molecule has 1 aliphatic rings. The van der Waals surface area contributed by atoms with Crippen LogP contribution >= 0.6 is 0 Å². The smallest absolute Gasteiger partial charge is 0.244 e. The van der Waals surface area contributed by atoms with Crippen LogP contribution in [0.3, 0.4) is 0 Å². The fraction of sp³-hybridized carbons (Fsp3) is 0.588. The summed E-state index contributed by atoms with van der Waals surface area (Å²) in [5, 5.41) is 3.34. The summed E-state index contributed by atoms with van der Waals surface area (Å²) < 4.78 is 0. The number of benzene rings is 1. The van der Waals surface area contributed by atoms with Gasteiger partial charge in [-0.05, 0) is 25.5 Å². The van der Waals surface area contributed by atoms with E-state index in [4.69, 9.17) is 0 Å². The maximum Gasteiger partial charge on any atom is 0.244 e. The van der Waals surface area contributed by atoms with Gasteiger partial charge in [0.25, 0.3) is 0 Å². The lowest BCUT2D eigenvalue weighted by molar-refractivity contribution is -0.123. The largest absolute Gasteiger partial charge is 0.314 e. The fourth-order valence-electron chi connectivity index (χ4n) is 2.74. The van der Waals surface area contributed by atoms with E-state index in [1.807, 2.05) is 42.2 Å². The lowest BCUT2D eigenvalue weighted by Crippen LogP contribution is -2.53. The van der Waals surface area contributed by atoms with E-state index < -0.39 is 0 Å². The molecule has 0 radical (unpaired) electrons. The first-order valence-corrected chi connectivity index (χ1v) is 8.05. The summed E-state index contributed by atoms with van der Waals surface area (Å²) >= 11 is 0. The lowest BCUT2D eigenvalue weighted by atomic mass is 10.1. The number of amides is 1. The van der Waals surface area contributed by atoms with Crippen LogP contribution in [0.1, 0.15) is 26.7 Å². The topological polar surface area (TPSA) is 35.6 Å². The van der Waals surface area contributed by atoms with Gasteiger partial charge in [-0.1, -0.05) is 31.5 Å². The number of nitrogens with zero attached hydrogens (tertiary/aromatic N) is 2. The van der Waals surface area contributed by atoms with Crippen LogP contribution in [-0.4, -0.2) is 49.6 Å². The minimum absolute atomic E-state index is 0.0517. The molecule has 1 aromatic carbocycles. The van der Waals surface area contributed by atoms with Crippen molar-refractivity contribution in [2.24, 2.45) is 0 Å². The van der Waals surface area contributed by atoms with Gasteiger partial charge in [0, 0.05) is 38.4 Å². The van der Waals surface area contributed by atoms with E-state index in [2.05, 4.69) is 17.1 Å². The fourth-order valence-corrected chi connectivity index (χ4v) is 2.74. The Bertz CT molecular complexity index is 429. The minimum Gasteiger partial charge on any atom is -0.314 e. The molecule has 21 heavy (non-hydrogen) atoms. The highest BCUT2D eigenvalue weighted by Gasteiger charge is 2.27. The molecule has 1 atom stereocenters. The molecule has 1 saturated heterocycles. The van der Waals surface area contributed by atoms with Crippen LogP contribution in [0.25, 0.3) is 0 Å². The van der Waals surface area contributed by atoms with Crippen molar-refractivity contribution in [2.45, 2.75) is 32.7 Å². The summed E-state index contributed by atoms with van der Waals surface area (Å²) in [6, 6.07) is 9.99. The molecular formula is C17H27N3O. The standard InChI is InChI=1S/C17H27N3O/c1-3-4-12-20(16-8-6-5-7-9-16)17(21)15(2)19-13-10-18-11-14-19/h5-9,15,18H,3-4,10-14H2,1-2H3. The molecule has 0 spiro atoms. The van der Waals surface area contributed by atoms with Crippen molar-refractivity contribution in [3.8, 4) is 0 Å². The van der Waals surface area contributed by atoms with Crippen LogP contribution in [-0.2, 0) is 4.79 Å². The summed E-state index contributed by atoms with van der Waals surface area (Å²) in [4.78, 5) is 17.1. The molecule has 1 heterocycles. The first-order valence-electron chi connectivity index (χ1n) is 8.05. The van der Waals surface area contributed by atoms with Crippen molar-refractivity contribution in [1.82, 2.24) is 10.2 Å². The molecule has 116 valence electrons. The molecule has 1 fully saturated rings. The summed E-state index contributed by atoms with van der Waals surface area (Å²) in [6.45, 7) is 8.83. The summed E-state index contributed by atoms with van der Waals surface area (Å²) in [5.74, 6) is 0.219. The minimum atomic E-state index is -0.0517. The van der Waals surface area contributed by atoms with Crippen LogP contribution in [0.5, 0.6) is 0 Å². The van der Waals surface area contributed by atoms with E-state index >= 15 is 0 Å². The molecule has 1 aromatic rings. The number of para-hydroxylation sites is 1. The zero-order valence-corrected chi connectivity index (χ0v) is 13.2. The number of carbonyl (C=O) groups is 1. The Morgan fingerprint density at radius 1 is 1.29 bits per heavy atom. The molecule has 0 bridgehead atoms. The highest BCUT2D eigenvalue weighted by atomic mass is 16.2. The van der Waals surface area contributed by atoms with Crippen LogP contribution < -0.4 is 10.2 Å². The monoisotopic (exact) mass is 289 g/mol. The summed E-state index contributed by atoms with van der Waals surface area (Å²) in [7, 11) is 0. The number of hydrogen-bond acceptors (Lipinski definition) is 3. The Labute approximate surface area is 128 Å². The number of unbranched alkanes of at least 4 members (excludes halogenated alkanes) is 1. The van der Waals surface area contributed by atoms with Crippen molar-refractivity contribution in [2.75, 3.05) is 37.6 Å². The van der Waals surface area contributed by atoms with Gasteiger partial charge in [-0.15, -0.1) is 0 Å². The quantitative estimate of drug-likeness (QED) is 0.871. The first-order chi connectivity index (χ1) is 10.2. The van der Waals surface area contributed by atoms with Crippen molar-refractivity contribution >= 4 is 11.6 Å². The zero-order valence-electron chi connectivity index (χ0n) is 13.2. The van der Waals surface area contributed by atoms with Crippen molar-refractivity contribution in [3.63, 3.8) is 0 Å². The Morgan fingerprint density at radius 2 is 1.95 bits per heavy atom. The number of anilines is 1. The molecule has 1 N–H and O–H groups in total. The Morgan fingerprint density at radius 3 is 2.57 bits per heavy atom.